The van der Waals surface area contributed by atoms with Crippen LogP contribution in [0.15, 0.2) is 36.0 Å². The second kappa shape index (κ2) is 9.86. The Labute approximate surface area is 182 Å². The van der Waals surface area contributed by atoms with Crippen molar-refractivity contribution in [3.63, 3.8) is 0 Å². The molecule has 2 amide bonds. The summed E-state index contributed by atoms with van der Waals surface area (Å²) in [7, 11) is 0. The Bertz CT molecular complexity index is 807. The van der Waals surface area contributed by atoms with E-state index in [0.29, 0.717) is 50.0 Å². The molecule has 4 rings (SSSR count). The molecule has 1 aliphatic carbocycles. The van der Waals surface area contributed by atoms with Gasteiger partial charge in [0.25, 0.3) is 5.24 Å². The molecule has 0 radical (unpaired) electrons. The molecular formula is C23H30FN3O2S. The van der Waals surface area contributed by atoms with Crippen LogP contribution in [0.3, 0.4) is 0 Å². The molecule has 7 heteroatoms. The zero-order chi connectivity index (χ0) is 20.9. The Morgan fingerprint density at radius 2 is 1.80 bits per heavy atom. The highest BCUT2D eigenvalue weighted by molar-refractivity contribution is 8.13. The lowest BCUT2D eigenvalue weighted by Crippen LogP contribution is -2.49. The summed E-state index contributed by atoms with van der Waals surface area (Å²) in [5.41, 5.74) is 1.82. The summed E-state index contributed by atoms with van der Waals surface area (Å²) in [5.74, 6) is 0.918. The number of likely N-dealkylation sites (tertiary alicyclic amines) is 1. The smallest absolute Gasteiger partial charge is 0.285 e. The summed E-state index contributed by atoms with van der Waals surface area (Å²) >= 11 is 1.27. The third-order valence-corrected chi connectivity index (χ3v) is 7.24. The van der Waals surface area contributed by atoms with Crippen molar-refractivity contribution in [1.29, 1.82) is 0 Å². The number of amides is 2. The van der Waals surface area contributed by atoms with E-state index in [4.69, 9.17) is 0 Å². The summed E-state index contributed by atoms with van der Waals surface area (Å²) in [6.07, 6.45) is 8.35. The molecule has 162 valence electrons. The first-order chi connectivity index (χ1) is 14.6. The van der Waals surface area contributed by atoms with E-state index in [1.165, 1.54) is 42.8 Å². The predicted molar refractivity (Wildman–Crippen MR) is 119 cm³/mol. The summed E-state index contributed by atoms with van der Waals surface area (Å²) in [6, 6.07) is 6.77. The molecule has 3 aliphatic rings. The number of nitrogens with zero attached hydrogens (tertiary/aromatic N) is 3. The molecule has 0 saturated carbocycles. The number of piperazine rings is 1. The molecule has 0 bridgehead atoms. The van der Waals surface area contributed by atoms with Crippen molar-refractivity contribution in [1.82, 2.24) is 9.80 Å². The number of hydrogen-bond acceptors (Lipinski definition) is 4. The van der Waals surface area contributed by atoms with Gasteiger partial charge in [0, 0.05) is 50.6 Å². The van der Waals surface area contributed by atoms with Crippen LogP contribution < -0.4 is 4.90 Å². The highest BCUT2D eigenvalue weighted by Crippen LogP contribution is 2.36. The molecule has 2 heterocycles. The second-order valence-electron chi connectivity index (χ2n) is 8.23. The van der Waals surface area contributed by atoms with Crippen molar-refractivity contribution in [3.05, 3.63) is 41.9 Å². The van der Waals surface area contributed by atoms with Crippen LogP contribution in [-0.4, -0.2) is 59.4 Å². The lowest BCUT2D eigenvalue weighted by molar-refractivity contribution is -0.131. The average molecular weight is 432 g/mol. The van der Waals surface area contributed by atoms with E-state index < -0.39 is 0 Å². The number of carbonyl (C=O) groups excluding carboxylic acids is 2. The Hall–Kier alpha value is -2.02. The van der Waals surface area contributed by atoms with Gasteiger partial charge in [-0.1, -0.05) is 30.0 Å². The summed E-state index contributed by atoms with van der Waals surface area (Å²) < 4.78 is 14.0. The maximum Gasteiger partial charge on any atom is 0.285 e. The van der Waals surface area contributed by atoms with Crippen LogP contribution in [0.2, 0.25) is 0 Å². The van der Waals surface area contributed by atoms with Crippen LogP contribution in [0.25, 0.3) is 0 Å². The van der Waals surface area contributed by atoms with Gasteiger partial charge in [-0.15, -0.1) is 0 Å². The highest BCUT2D eigenvalue weighted by Gasteiger charge is 2.30. The monoisotopic (exact) mass is 431 g/mol. The standard InChI is InChI=1S/C23H30FN3O2S/c24-19-8-2-4-10-21(19)25-13-15-26(16-14-25)22(28)11-17-30-23(29)27-12-5-7-18-6-1-3-9-20(18)27/h2,4,8-10,18H,1,3,5-7,11-17H2. The molecular weight excluding hydrogens is 401 g/mol. The van der Waals surface area contributed by atoms with Crippen molar-refractivity contribution >= 4 is 28.6 Å². The topological polar surface area (TPSA) is 43.9 Å². The zero-order valence-electron chi connectivity index (χ0n) is 17.4. The fourth-order valence-corrected chi connectivity index (χ4v) is 5.54. The normalized spacial score (nSPS) is 21.8. The Kier molecular flexibility index (Phi) is 6.97. The van der Waals surface area contributed by atoms with E-state index in [-0.39, 0.29) is 17.0 Å². The quantitative estimate of drug-likeness (QED) is 0.704. The largest absolute Gasteiger partial charge is 0.366 e. The van der Waals surface area contributed by atoms with Crippen molar-refractivity contribution < 1.29 is 14.0 Å². The van der Waals surface area contributed by atoms with Gasteiger partial charge in [0.15, 0.2) is 0 Å². The number of thioether (sulfide) groups is 1. The summed E-state index contributed by atoms with van der Waals surface area (Å²) in [4.78, 5) is 31.1. The molecule has 5 nitrogen and oxygen atoms in total. The van der Waals surface area contributed by atoms with E-state index >= 15 is 0 Å². The van der Waals surface area contributed by atoms with Gasteiger partial charge in [-0.05, 0) is 50.2 Å². The van der Waals surface area contributed by atoms with Gasteiger partial charge in [0.05, 0.1) is 5.69 Å². The van der Waals surface area contributed by atoms with Gasteiger partial charge < -0.3 is 14.7 Å². The molecule has 1 atom stereocenters. The average Bonchev–Trinajstić information content (AvgIpc) is 2.79. The lowest BCUT2D eigenvalue weighted by Gasteiger charge is -2.37. The first-order valence-electron chi connectivity index (χ1n) is 11.0. The van der Waals surface area contributed by atoms with Crippen LogP contribution in [0.1, 0.15) is 38.5 Å². The number of hydrogen-bond donors (Lipinski definition) is 0. The second-order valence-corrected chi connectivity index (χ2v) is 9.28. The number of piperidine rings is 1. The van der Waals surface area contributed by atoms with Crippen molar-refractivity contribution in [3.8, 4) is 0 Å². The Morgan fingerprint density at radius 3 is 2.60 bits per heavy atom. The first kappa shape index (κ1) is 21.2. The number of anilines is 1. The molecule has 0 N–H and O–H groups in total. The SMILES string of the molecule is O=C(CCSC(=O)N1CCCC2CCCC=C21)N1CCN(c2ccccc2F)CC1. The molecule has 2 fully saturated rings. The molecule has 30 heavy (non-hydrogen) atoms. The number of para-hydroxylation sites is 1. The van der Waals surface area contributed by atoms with Gasteiger partial charge in [0.2, 0.25) is 5.91 Å². The third-order valence-electron chi connectivity index (χ3n) is 6.36. The maximum absolute atomic E-state index is 14.0. The maximum atomic E-state index is 14.0. The number of allylic oxidation sites excluding steroid dienone is 2. The van der Waals surface area contributed by atoms with Gasteiger partial charge in [-0.2, -0.15) is 0 Å². The predicted octanol–water partition coefficient (Wildman–Crippen LogP) is 4.50. The van der Waals surface area contributed by atoms with E-state index in [1.807, 2.05) is 20.8 Å². The minimum absolute atomic E-state index is 0.0805. The van der Waals surface area contributed by atoms with Gasteiger partial charge in [-0.3, -0.25) is 9.59 Å². The fourth-order valence-electron chi connectivity index (χ4n) is 4.74. The molecule has 1 unspecified atom stereocenters. The summed E-state index contributed by atoms with van der Waals surface area (Å²) in [5, 5.41) is 0.0880. The van der Waals surface area contributed by atoms with Crippen molar-refractivity contribution in [2.45, 2.75) is 38.5 Å². The van der Waals surface area contributed by atoms with Crippen LogP contribution in [0, 0.1) is 11.7 Å². The van der Waals surface area contributed by atoms with E-state index in [9.17, 15) is 14.0 Å². The van der Waals surface area contributed by atoms with Crippen molar-refractivity contribution in [2.24, 2.45) is 5.92 Å². The number of benzene rings is 1. The summed E-state index contributed by atoms with van der Waals surface area (Å²) in [6.45, 7) is 3.24. The fraction of sp³-hybridized carbons (Fsp3) is 0.565. The van der Waals surface area contributed by atoms with Crippen LogP contribution in [-0.2, 0) is 4.79 Å². The van der Waals surface area contributed by atoms with Gasteiger partial charge in [-0.25, -0.2) is 4.39 Å². The minimum Gasteiger partial charge on any atom is -0.366 e. The molecule has 1 aromatic carbocycles. The highest BCUT2D eigenvalue weighted by atomic mass is 32.2. The molecule has 1 aromatic rings. The Balaban J connectivity index is 1.21. The van der Waals surface area contributed by atoms with E-state index in [2.05, 4.69) is 6.08 Å². The van der Waals surface area contributed by atoms with E-state index in [1.54, 1.807) is 12.1 Å². The number of fused-ring (bicyclic) bond motifs is 1. The number of carbonyl (C=O) groups is 2. The third kappa shape index (κ3) is 4.82. The molecule has 0 spiro atoms. The number of halogens is 1. The van der Waals surface area contributed by atoms with Crippen molar-refractivity contribution in [2.75, 3.05) is 43.4 Å². The van der Waals surface area contributed by atoms with E-state index in [0.717, 1.165) is 19.4 Å². The zero-order valence-corrected chi connectivity index (χ0v) is 18.2. The van der Waals surface area contributed by atoms with Crippen LogP contribution in [0.5, 0.6) is 0 Å². The Morgan fingerprint density at radius 1 is 1.03 bits per heavy atom. The van der Waals surface area contributed by atoms with Gasteiger partial charge >= 0.3 is 0 Å². The lowest BCUT2D eigenvalue weighted by atomic mass is 9.85. The molecule has 2 saturated heterocycles. The minimum atomic E-state index is -0.222. The molecule has 0 aromatic heterocycles. The molecule has 2 aliphatic heterocycles. The number of rotatable bonds is 4. The van der Waals surface area contributed by atoms with Crippen LogP contribution >= 0.6 is 11.8 Å². The van der Waals surface area contributed by atoms with Crippen LogP contribution in [0.4, 0.5) is 14.9 Å². The first-order valence-corrected chi connectivity index (χ1v) is 12.0. The van der Waals surface area contributed by atoms with Gasteiger partial charge in [0.1, 0.15) is 5.82 Å².